The van der Waals surface area contributed by atoms with Crippen LogP contribution in [0.1, 0.15) is 13.8 Å². The number of hydrogen-bond acceptors (Lipinski definition) is 4. The summed E-state index contributed by atoms with van der Waals surface area (Å²) in [5, 5.41) is -0.233. The Kier molecular flexibility index (Phi) is 4.12. The van der Waals surface area contributed by atoms with Crippen LogP contribution in [0, 0.1) is 0 Å². The molecule has 0 fully saturated rings. The summed E-state index contributed by atoms with van der Waals surface area (Å²) in [4.78, 5) is 21.2. The van der Waals surface area contributed by atoms with Crippen molar-refractivity contribution >= 4 is 20.0 Å². The van der Waals surface area contributed by atoms with Gasteiger partial charge in [-0.15, -0.1) is 0 Å². The van der Waals surface area contributed by atoms with Crippen molar-refractivity contribution in [3.63, 3.8) is 0 Å². The summed E-state index contributed by atoms with van der Waals surface area (Å²) < 4.78 is 11.4. The van der Waals surface area contributed by atoms with E-state index in [1.54, 1.807) is 0 Å². The molecule has 0 bridgehead atoms. The summed E-state index contributed by atoms with van der Waals surface area (Å²) in [6, 6.07) is 0. The molecule has 0 aliphatic carbocycles. The normalized spacial score (nSPS) is 14.0. The van der Waals surface area contributed by atoms with Crippen LogP contribution in [-0.2, 0) is 14.3 Å². The Labute approximate surface area is 75.9 Å². The average Bonchev–Trinajstić information content (AvgIpc) is 1.86. The van der Waals surface area contributed by atoms with Crippen LogP contribution in [0.5, 0.6) is 0 Å². The molecule has 3 nitrogen and oxygen atoms in total. The topological polar surface area (TPSA) is 43.4 Å². The van der Waals surface area contributed by atoms with E-state index in [9.17, 15) is 9.59 Å². The van der Waals surface area contributed by atoms with Gasteiger partial charge in [0.2, 0.25) is 0 Å². The first kappa shape index (κ1) is 8.32. The van der Waals surface area contributed by atoms with Gasteiger partial charge in [0.05, 0.1) is 0 Å². The summed E-state index contributed by atoms with van der Waals surface area (Å²) in [6.07, 6.45) is -0.706. The van der Waals surface area contributed by atoms with Crippen LogP contribution >= 0.6 is 8.93 Å². The van der Waals surface area contributed by atoms with Crippen LogP contribution in [0.2, 0.25) is 0 Å². The van der Waals surface area contributed by atoms with Crippen molar-refractivity contribution in [2.24, 2.45) is 0 Å². The van der Waals surface area contributed by atoms with Gasteiger partial charge in [-0.25, -0.2) is 0 Å². The molecule has 0 aromatic rings. The number of ether oxygens (including phenoxy) is 1. The SMILES string of the molecule is [3H][I-]SC(=O)[C@H](C)OC(C)=O. The van der Waals surface area contributed by atoms with E-state index in [0.717, 1.165) is 8.93 Å². The van der Waals surface area contributed by atoms with Gasteiger partial charge in [0.15, 0.2) is 0 Å². The van der Waals surface area contributed by atoms with Crippen molar-refractivity contribution in [2.75, 3.05) is 0 Å². The van der Waals surface area contributed by atoms with E-state index in [1.807, 2.05) is 0 Å². The van der Waals surface area contributed by atoms with Gasteiger partial charge >= 0.3 is 75.9 Å². The maximum atomic E-state index is 10.9. The first-order valence-corrected chi connectivity index (χ1v) is 5.93. The Hall–Kier alpha value is 0.220. The predicted molar refractivity (Wildman–Crippen MR) is 35.2 cm³/mol. The molecule has 0 spiro atoms. The summed E-state index contributed by atoms with van der Waals surface area (Å²) in [5.41, 5.74) is 0. The summed E-state index contributed by atoms with van der Waals surface area (Å²) >= 11 is -0.867. The van der Waals surface area contributed by atoms with Crippen molar-refractivity contribution in [1.82, 2.24) is 0 Å². The molecule has 0 unspecified atom stereocenters. The van der Waals surface area contributed by atoms with Crippen molar-refractivity contribution in [3.05, 3.63) is 0 Å². The number of carbonyl (C=O) groups is 2. The van der Waals surface area contributed by atoms with Crippen molar-refractivity contribution in [3.8, 4) is 0 Å². The van der Waals surface area contributed by atoms with Gasteiger partial charge in [0.1, 0.15) is 0 Å². The van der Waals surface area contributed by atoms with E-state index in [0.29, 0.717) is 0 Å². The molecular formula is C5H8IO3S-. The average molecular weight is 277 g/mol. The number of carbonyl (C=O) groups excluding carboxylic acids is 2. The molecule has 1 atom stereocenters. The Morgan fingerprint density at radius 3 is 2.80 bits per heavy atom. The van der Waals surface area contributed by atoms with E-state index >= 15 is 0 Å². The molecule has 0 amide bonds. The van der Waals surface area contributed by atoms with E-state index in [2.05, 4.69) is 4.74 Å². The second kappa shape index (κ2) is 4.95. The maximum absolute atomic E-state index is 10.9. The minimum absolute atomic E-state index is 0.233. The van der Waals surface area contributed by atoms with Gasteiger partial charge in [0.25, 0.3) is 0 Å². The van der Waals surface area contributed by atoms with Crippen molar-refractivity contribution in [2.45, 2.75) is 20.0 Å². The molecule has 60 valence electrons. The second-order valence-electron chi connectivity index (χ2n) is 1.65. The van der Waals surface area contributed by atoms with Gasteiger partial charge in [-0.1, -0.05) is 0 Å². The molecule has 10 heavy (non-hydrogen) atoms. The molecule has 0 saturated heterocycles. The van der Waals surface area contributed by atoms with E-state index < -0.39 is 33.1 Å². The molecule has 0 saturated carbocycles. The van der Waals surface area contributed by atoms with Gasteiger partial charge in [-0.05, 0) is 0 Å². The fourth-order valence-corrected chi connectivity index (χ4v) is 1.61. The molecule has 5 heteroatoms. The molecule has 0 radical (unpaired) electrons. The molecule has 0 rings (SSSR count). The van der Waals surface area contributed by atoms with Crippen LogP contribution in [0.25, 0.3) is 0 Å². The monoisotopic (exact) mass is 277 g/mol. The summed E-state index contributed by atoms with van der Waals surface area (Å²) in [5.74, 6) is -0.463. The first-order chi connectivity index (χ1) is 5.07. The molecule has 0 N–H and O–H groups in total. The predicted octanol–water partition coefficient (Wildman–Crippen LogP) is -2.60. The van der Waals surface area contributed by atoms with Gasteiger partial charge in [0, 0.05) is 0 Å². The molecule has 0 heterocycles. The van der Waals surface area contributed by atoms with Crippen LogP contribution in [0.15, 0.2) is 0 Å². The molecule has 0 aromatic carbocycles. The van der Waals surface area contributed by atoms with Gasteiger partial charge < -0.3 is 0 Å². The zero-order valence-corrected chi connectivity index (χ0v) is 8.56. The Balaban J connectivity index is 3.73. The van der Waals surface area contributed by atoms with Crippen LogP contribution in [-0.4, -0.2) is 17.8 Å². The minimum atomic E-state index is -0.867. The summed E-state index contributed by atoms with van der Waals surface area (Å²) in [6.45, 7) is 2.76. The molecule has 0 aliphatic heterocycles. The third kappa shape index (κ3) is 4.10. The third-order valence-corrected chi connectivity index (χ3v) is 2.54. The van der Waals surface area contributed by atoms with E-state index in [-0.39, 0.29) is 5.12 Å². The fourth-order valence-electron chi connectivity index (χ4n) is 0.360. The first-order valence-electron chi connectivity index (χ1n) is 2.95. The standard InChI is InChI=1S/C5H8IO3S/c1-3(5(8)10-6)9-4(2)7/h3,6H,1-2H3/q-1/t3-/m0/s1/i6T. The molecule has 0 aliphatic rings. The zero-order valence-electron chi connectivity index (χ0n) is 6.59. The number of rotatable bonds is 3. The Morgan fingerprint density at radius 1 is 1.80 bits per heavy atom. The number of esters is 1. The Morgan fingerprint density at radius 2 is 2.40 bits per heavy atom. The van der Waals surface area contributed by atoms with E-state index in [4.69, 9.17) is 0.594 Å². The third-order valence-electron chi connectivity index (χ3n) is 0.751. The zero-order chi connectivity index (χ0) is 8.85. The van der Waals surface area contributed by atoms with Crippen LogP contribution < -0.4 is 21.0 Å². The van der Waals surface area contributed by atoms with Crippen LogP contribution in [0.3, 0.4) is 0 Å². The Bertz CT molecular complexity index is 164. The van der Waals surface area contributed by atoms with Gasteiger partial charge in [-0.2, -0.15) is 0 Å². The van der Waals surface area contributed by atoms with Gasteiger partial charge in [-0.3, -0.25) is 0 Å². The second-order valence-corrected chi connectivity index (χ2v) is 3.53. The number of hydrogen-bond donors (Lipinski definition) is 0. The van der Waals surface area contributed by atoms with E-state index in [1.165, 1.54) is 13.8 Å². The molecular weight excluding hydrogens is 267 g/mol. The van der Waals surface area contributed by atoms with Crippen molar-refractivity contribution < 1.29 is 35.3 Å². The quantitative estimate of drug-likeness (QED) is 0.419. The molecule has 0 aromatic heterocycles. The summed E-state index contributed by atoms with van der Waals surface area (Å²) in [7, 11) is 0.942. The van der Waals surface area contributed by atoms with Crippen molar-refractivity contribution in [1.29, 1.82) is 0.594 Å². The number of halogens is 1. The van der Waals surface area contributed by atoms with Crippen LogP contribution in [0.4, 0.5) is 0 Å². The fraction of sp³-hybridized carbons (Fsp3) is 0.600.